The molecule has 0 spiro atoms. The quantitative estimate of drug-likeness (QED) is 0.884. The highest BCUT2D eigenvalue weighted by molar-refractivity contribution is 5.74. The largest absolute Gasteiger partial charge is 0.334 e. The number of aryl methyl sites for hydroxylation is 1. The van der Waals surface area contributed by atoms with Crippen LogP contribution in [0, 0.1) is 12.7 Å². The van der Waals surface area contributed by atoms with E-state index in [-0.39, 0.29) is 17.9 Å². The molecule has 2 aromatic carbocycles. The molecule has 0 heterocycles. The third-order valence-corrected chi connectivity index (χ3v) is 3.37. The summed E-state index contributed by atoms with van der Waals surface area (Å²) in [5, 5.41) is 5.66. The predicted molar refractivity (Wildman–Crippen MR) is 81.4 cm³/mol. The van der Waals surface area contributed by atoms with Crippen LogP contribution in [0.3, 0.4) is 0 Å². The van der Waals surface area contributed by atoms with Gasteiger partial charge in [0.25, 0.3) is 0 Å². The third-order valence-electron chi connectivity index (χ3n) is 3.37. The zero-order chi connectivity index (χ0) is 15.2. The van der Waals surface area contributed by atoms with Crippen LogP contribution in [0.25, 0.3) is 0 Å². The van der Waals surface area contributed by atoms with Gasteiger partial charge in [0.2, 0.25) is 0 Å². The van der Waals surface area contributed by atoms with Gasteiger partial charge in [-0.05, 0) is 42.7 Å². The molecule has 0 unspecified atom stereocenters. The van der Waals surface area contributed by atoms with Crippen LogP contribution in [-0.4, -0.2) is 6.03 Å². The van der Waals surface area contributed by atoms with Crippen LogP contribution in [0.5, 0.6) is 0 Å². The Bertz CT molecular complexity index is 610. The van der Waals surface area contributed by atoms with Gasteiger partial charge in [0.1, 0.15) is 5.82 Å². The lowest BCUT2D eigenvalue weighted by atomic mass is 10.0. The number of halogens is 1. The summed E-state index contributed by atoms with van der Waals surface area (Å²) in [7, 11) is 0. The van der Waals surface area contributed by atoms with Gasteiger partial charge in [0.15, 0.2) is 0 Å². The minimum absolute atomic E-state index is 0.0700. The first kappa shape index (κ1) is 15.0. The minimum Gasteiger partial charge on any atom is -0.334 e. The Balaban J connectivity index is 1.87. The maximum absolute atomic E-state index is 12.8. The second-order valence-corrected chi connectivity index (χ2v) is 5.03. The number of hydrogen-bond donors (Lipinski definition) is 2. The first-order chi connectivity index (χ1) is 10.1. The summed E-state index contributed by atoms with van der Waals surface area (Å²) in [5.41, 5.74) is 3.09. The van der Waals surface area contributed by atoms with E-state index in [9.17, 15) is 9.18 Å². The first-order valence-corrected chi connectivity index (χ1v) is 6.90. The van der Waals surface area contributed by atoms with Crippen molar-refractivity contribution in [3.8, 4) is 0 Å². The highest BCUT2D eigenvalue weighted by Gasteiger charge is 2.10. The summed E-state index contributed by atoms with van der Waals surface area (Å²) >= 11 is 0. The van der Waals surface area contributed by atoms with Gasteiger partial charge in [-0.2, -0.15) is 0 Å². The number of hydrogen-bond acceptors (Lipinski definition) is 1. The molecule has 2 N–H and O–H groups in total. The van der Waals surface area contributed by atoms with Crippen molar-refractivity contribution in [1.82, 2.24) is 10.6 Å². The number of amides is 2. The first-order valence-electron chi connectivity index (χ1n) is 6.90. The molecule has 0 aliphatic heterocycles. The number of carbonyl (C=O) groups is 1. The van der Waals surface area contributed by atoms with E-state index in [1.165, 1.54) is 12.1 Å². The van der Waals surface area contributed by atoms with Crippen LogP contribution >= 0.6 is 0 Å². The summed E-state index contributed by atoms with van der Waals surface area (Å²) in [6, 6.07) is 13.7. The molecule has 4 heteroatoms. The molecule has 2 rings (SSSR count). The van der Waals surface area contributed by atoms with Crippen molar-refractivity contribution in [2.45, 2.75) is 26.4 Å². The van der Waals surface area contributed by atoms with Crippen LogP contribution in [0.4, 0.5) is 9.18 Å². The molecule has 0 aliphatic rings. The number of rotatable bonds is 4. The standard InChI is InChI=1S/C17H19FN2O/c1-12-5-3-4-6-16(12)13(2)20-17(21)19-11-14-7-9-15(18)10-8-14/h3-10,13H,11H2,1-2H3,(H2,19,20,21)/t13-/m0/s1. The topological polar surface area (TPSA) is 41.1 Å². The van der Waals surface area contributed by atoms with Gasteiger partial charge < -0.3 is 10.6 Å². The second kappa shape index (κ2) is 6.88. The van der Waals surface area contributed by atoms with Crippen LogP contribution in [0.1, 0.15) is 29.7 Å². The van der Waals surface area contributed by atoms with Gasteiger partial charge in [-0.3, -0.25) is 0 Å². The highest BCUT2D eigenvalue weighted by Crippen LogP contribution is 2.16. The maximum atomic E-state index is 12.8. The van der Waals surface area contributed by atoms with Gasteiger partial charge in [-0.25, -0.2) is 9.18 Å². The Morgan fingerprint density at radius 2 is 1.81 bits per heavy atom. The molecule has 0 fully saturated rings. The van der Waals surface area contributed by atoms with E-state index in [0.717, 1.165) is 16.7 Å². The Morgan fingerprint density at radius 3 is 2.48 bits per heavy atom. The lowest BCUT2D eigenvalue weighted by Gasteiger charge is -2.17. The number of carbonyl (C=O) groups excluding carboxylic acids is 1. The molecule has 2 aromatic rings. The van der Waals surface area contributed by atoms with E-state index >= 15 is 0 Å². The van der Waals surface area contributed by atoms with Crippen molar-refractivity contribution in [1.29, 1.82) is 0 Å². The van der Waals surface area contributed by atoms with Crippen LogP contribution in [0.2, 0.25) is 0 Å². The normalized spacial score (nSPS) is 11.8. The lowest BCUT2D eigenvalue weighted by molar-refractivity contribution is 0.237. The van der Waals surface area contributed by atoms with Crippen molar-refractivity contribution in [2.75, 3.05) is 0 Å². The van der Waals surface area contributed by atoms with E-state index in [1.807, 2.05) is 38.1 Å². The second-order valence-electron chi connectivity index (χ2n) is 5.03. The highest BCUT2D eigenvalue weighted by atomic mass is 19.1. The molecular weight excluding hydrogens is 267 g/mol. The average molecular weight is 286 g/mol. The van der Waals surface area contributed by atoms with E-state index in [0.29, 0.717) is 6.54 Å². The molecule has 0 bridgehead atoms. The Kier molecular flexibility index (Phi) is 4.93. The monoisotopic (exact) mass is 286 g/mol. The zero-order valence-electron chi connectivity index (χ0n) is 12.2. The fourth-order valence-corrected chi connectivity index (χ4v) is 2.18. The lowest BCUT2D eigenvalue weighted by Crippen LogP contribution is -2.36. The summed E-state index contributed by atoms with van der Waals surface area (Å²) in [6.07, 6.45) is 0. The average Bonchev–Trinajstić information content (AvgIpc) is 2.47. The molecule has 21 heavy (non-hydrogen) atoms. The molecule has 0 aromatic heterocycles. The summed E-state index contributed by atoms with van der Waals surface area (Å²) < 4.78 is 12.8. The maximum Gasteiger partial charge on any atom is 0.315 e. The molecule has 1 atom stereocenters. The number of benzene rings is 2. The van der Waals surface area contributed by atoms with E-state index in [2.05, 4.69) is 10.6 Å². The summed E-state index contributed by atoms with van der Waals surface area (Å²) in [6.45, 7) is 4.33. The van der Waals surface area contributed by atoms with Crippen LogP contribution in [0.15, 0.2) is 48.5 Å². The van der Waals surface area contributed by atoms with E-state index in [1.54, 1.807) is 12.1 Å². The molecule has 0 saturated heterocycles. The summed E-state index contributed by atoms with van der Waals surface area (Å²) in [5.74, 6) is -0.281. The molecule has 2 amide bonds. The van der Waals surface area contributed by atoms with E-state index in [4.69, 9.17) is 0 Å². The SMILES string of the molecule is Cc1ccccc1[C@H](C)NC(=O)NCc1ccc(F)cc1. The van der Waals surface area contributed by atoms with Crippen LogP contribution < -0.4 is 10.6 Å². The molecule has 0 saturated carbocycles. The van der Waals surface area contributed by atoms with Crippen molar-refractivity contribution >= 4 is 6.03 Å². The Labute approximate surface area is 124 Å². The Morgan fingerprint density at radius 1 is 1.14 bits per heavy atom. The van der Waals surface area contributed by atoms with Gasteiger partial charge in [-0.15, -0.1) is 0 Å². The van der Waals surface area contributed by atoms with Crippen molar-refractivity contribution < 1.29 is 9.18 Å². The van der Waals surface area contributed by atoms with Gasteiger partial charge in [0, 0.05) is 6.54 Å². The van der Waals surface area contributed by atoms with Crippen molar-refractivity contribution in [3.63, 3.8) is 0 Å². The van der Waals surface area contributed by atoms with Crippen LogP contribution in [-0.2, 0) is 6.54 Å². The molecule has 3 nitrogen and oxygen atoms in total. The fourth-order valence-electron chi connectivity index (χ4n) is 2.18. The van der Waals surface area contributed by atoms with Gasteiger partial charge in [0.05, 0.1) is 6.04 Å². The van der Waals surface area contributed by atoms with Crippen molar-refractivity contribution in [2.24, 2.45) is 0 Å². The number of nitrogens with one attached hydrogen (secondary N) is 2. The Hall–Kier alpha value is -2.36. The van der Waals surface area contributed by atoms with Crippen molar-refractivity contribution in [3.05, 3.63) is 71.0 Å². The van der Waals surface area contributed by atoms with E-state index < -0.39 is 0 Å². The van der Waals surface area contributed by atoms with Gasteiger partial charge >= 0.3 is 6.03 Å². The summed E-state index contributed by atoms with van der Waals surface area (Å²) in [4.78, 5) is 11.9. The fraction of sp³-hybridized carbons (Fsp3) is 0.235. The predicted octanol–water partition coefficient (Wildman–Crippen LogP) is 3.69. The molecular formula is C17H19FN2O. The smallest absolute Gasteiger partial charge is 0.315 e. The molecule has 110 valence electrons. The zero-order valence-corrected chi connectivity index (χ0v) is 12.2. The minimum atomic E-state index is -0.281. The number of urea groups is 1. The molecule has 0 aliphatic carbocycles. The molecule has 0 radical (unpaired) electrons. The van der Waals surface area contributed by atoms with Gasteiger partial charge in [-0.1, -0.05) is 36.4 Å². The third kappa shape index (κ3) is 4.31.